The average molecular weight is 350 g/mol. The molecule has 112 valence electrons. The lowest BCUT2D eigenvalue weighted by Crippen LogP contribution is -2.01. The van der Waals surface area contributed by atoms with Crippen molar-refractivity contribution in [2.75, 3.05) is 5.32 Å². The Balaban J connectivity index is 2.15. The predicted octanol–water partition coefficient (Wildman–Crippen LogP) is 5.32. The molecule has 0 bridgehead atoms. The zero-order chi connectivity index (χ0) is 15.5. The number of aromatic nitrogens is 1. The summed E-state index contributed by atoms with van der Waals surface area (Å²) < 4.78 is 0. The first kappa shape index (κ1) is 15.3. The molecular weight excluding hydrogens is 337 g/mol. The molecule has 3 nitrogen and oxygen atoms in total. The van der Waals surface area contributed by atoms with Gasteiger partial charge in [-0.2, -0.15) is 0 Å². The number of anilines is 2. The minimum absolute atomic E-state index is 0.412. The summed E-state index contributed by atoms with van der Waals surface area (Å²) in [7, 11) is 0. The minimum atomic E-state index is 0.412. The van der Waals surface area contributed by atoms with Crippen LogP contribution in [0.1, 0.15) is 5.56 Å². The van der Waals surface area contributed by atoms with Crippen molar-refractivity contribution in [3.8, 4) is 11.1 Å². The van der Waals surface area contributed by atoms with Crippen molar-refractivity contribution in [1.82, 2.24) is 4.98 Å². The fourth-order valence-electron chi connectivity index (χ4n) is 2.28. The van der Waals surface area contributed by atoms with Gasteiger partial charge in [-0.15, -0.1) is 11.3 Å². The van der Waals surface area contributed by atoms with Gasteiger partial charge in [0.1, 0.15) is 0 Å². The quantitative estimate of drug-likeness (QED) is 0.670. The van der Waals surface area contributed by atoms with Crippen LogP contribution in [0.2, 0.25) is 10.0 Å². The summed E-state index contributed by atoms with van der Waals surface area (Å²) in [6.07, 6.45) is 1.75. The van der Waals surface area contributed by atoms with Crippen LogP contribution in [-0.2, 0) is 6.54 Å². The van der Waals surface area contributed by atoms with Crippen LogP contribution in [0.25, 0.3) is 11.1 Å². The van der Waals surface area contributed by atoms with E-state index >= 15 is 0 Å². The molecule has 3 aromatic rings. The molecule has 0 aliphatic heterocycles. The van der Waals surface area contributed by atoms with Crippen LogP contribution < -0.4 is 11.1 Å². The van der Waals surface area contributed by atoms with E-state index in [0.717, 1.165) is 27.5 Å². The fraction of sp³-hybridized carbons (Fsp3) is 0.0625. The number of thiazole rings is 1. The lowest BCUT2D eigenvalue weighted by atomic mass is 9.98. The molecule has 0 amide bonds. The molecule has 0 fully saturated rings. The highest BCUT2D eigenvalue weighted by Gasteiger charge is 2.14. The van der Waals surface area contributed by atoms with Gasteiger partial charge in [0.15, 0.2) is 5.13 Å². The van der Waals surface area contributed by atoms with Crippen LogP contribution in [0.4, 0.5) is 10.8 Å². The third kappa shape index (κ3) is 3.10. The molecule has 1 heterocycles. The number of nitrogens with one attached hydrogen (secondary N) is 1. The Hall–Kier alpha value is -1.59. The third-order valence-corrected chi connectivity index (χ3v) is 4.48. The Kier molecular flexibility index (Phi) is 4.64. The summed E-state index contributed by atoms with van der Waals surface area (Å²) in [6, 6.07) is 11.4. The monoisotopic (exact) mass is 349 g/mol. The second kappa shape index (κ2) is 6.67. The highest BCUT2D eigenvalue weighted by Crippen LogP contribution is 2.38. The number of rotatable bonds is 4. The summed E-state index contributed by atoms with van der Waals surface area (Å²) in [5.41, 5.74) is 9.56. The summed E-state index contributed by atoms with van der Waals surface area (Å²) in [4.78, 5) is 4.25. The molecule has 0 saturated carbocycles. The van der Waals surface area contributed by atoms with E-state index < -0.39 is 0 Å². The van der Waals surface area contributed by atoms with Gasteiger partial charge in [-0.25, -0.2) is 4.98 Å². The van der Waals surface area contributed by atoms with E-state index in [1.807, 2.05) is 41.8 Å². The van der Waals surface area contributed by atoms with Crippen LogP contribution in [0.5, 0.6) is 0 Å². The van der Waals surface area contributed by atoms with Crippen molar-refractivity contribution in [3.63, 3.8) is 0 Å². The van der Waals surface area contributed by atoms with E-state index in [0.29, 0.717) is 16.6 Å². The van der Waals surface area contributed by atoms with Gasteiger partial charge in [0.2, 0.25) is 0 Å². The first-order valence-corrected chi connectivity index (χ1v) is 8.26. The predicted molar refractivity (Wildman–Crippen MR) is 95.2 cm³/mol. The first-order valence-electron chi connectivity index (χ1n) is 6.63. The Bertz CT molecular complexity index is 788. The molecule has 3 rings (SSSR count). The Labute approximate surface area is 142 Å². The van der Waals surface area contributed by atoms with Gasteiger partial charge in [0, 0.05) is 45.0 Å². The summed E-state index contributed by atoms with van der Waals surface area (Å²) >= 11 is 14.1. The summed E-state index contributed by atoms with van der Waals surface area (Å²) in [6.45, 7) is 0.412. The fourth-order valence-corrected chi connectivity index (χ4v) is 3.29. The molecule has 0 spiro atoms. The largest absolute Gasteiger partial charge is 0.331 e. The van der Waals surface area contributed by atoms with Crippen LogP contribution in [-0.4, -0.2) is 4.98 Å². The van der Waals surface area contributed by atoms with Gasteiger partial charge < -0.3 is 11.1 Å². The van der Waals surface area contributed by atoms with Crippen LogP contribution in [0.15, 0.2) is 48.0 Å². The van der Waals surface area contributed by atoms with E-state index in [1.165, 1.54) is 11.3 Å². The van der Waals surface area contributed by atoms with E-state index in [1.54, 1.807) is 6.20 Å². The number of halogens is 2. The molecule has 0 saturated heterocycles. The molecule has 1 aromatic heterocycles. The van der Waals surface area contributed by atoms with Crippen molar-refractivity contribution in [2.45, 2.75) is 6.54 Å². The van der Waals surface area contributed by atoms with E-state index in [-0.39, 0.29) is 0 Å². The number of hydrogen-bond donors (Lipinski definition) is 2. The average Bonchev–Trinajstić information content (AvgIpc) is 3.01. The number of hydrogen-bond acceptors (Lipinski definition) is 4. The summed E-state index contributed by atoms with van der Waals surface area (Å²) in [5.74, 6) is 0. The van der Waals surface area contributed by atoms with E-state index in [4.69, 9.17) is 28.9 Å². The molecule has 0 atom stereocenters. The normalized spacial score (nSPS) is 10.7. The molecule has 22 heavy (non-hydrogen) atoms. The van der Waals surface area contributed by atoms with Gasteiger partial charge in [0.25, 0.3) is 0 Å². The van der Waals surface area contributed by atoms with E-state index in [9.17, 15) is 0 Å². The molecule has 0 unspecified atom stereocenters. The first-order chi connectivity index (χ1) is 10.7. The van der Waals surface area contributed by atoms with Gasteiger partial charge in [0.05, 0.1) is 0 Å². The highest BCUT2D eigenvalue weighted by molar-refractivity contribution is 7.13. The maximum absolute atomic E-state index is 6.41. The highest BCUT2D eigenvalue weighted by atomic mass is 35.5. The second-order valence-electron chi connectivity index (χ2n) is 4.63. The molecule has 0 aliphatic rings. The maximum Gasteiger partial charge on any atom is 0.187 e. The van der Waals surface area contributed by atoms with Crippen molar-refractivity contribution in [3.05, 3.63) is 63.6 Å². The van der Waals surface area contributed by atoms with E-state index in [2.05, 4.69) is 10.3 Å². The zero-order valence-electron chi connectivity index (χ0n) is 11.5. The SMILES string of the molecule is NCc1cccc(Cl)c1-c1ccc(Cl)cc1Nc1nccs1. The molecule has 3 N–H and O–H groups in total. The smallest absolute Gasteiger partial charge is 0.187 e. The Morgan fingerprint density at radius 3 is 2.77 bits per heavy atom. The number of nitrogens with zero attached hydrogens (tertiary/aromatic N) is 1. The van der Waals surface area contributed by atoms with Crippen LogP contribution in [0, 0.1) is 0 Å². The maximum atomic E-state index is 6.41. The summed E-state index contributed by atoms with van der Waals surface area (Å²) in [5, 5.41) is 7.30. The van der Waals surface area contributed by atoms with Crippen molar-refractivity contribution < 1.29 is 0 Å². The zero-order valence-corrected chi connectivity index (χ0v) is 13.8. The van der Waals surface area contributed by atoms with Crippen molar-refractivity contribution >= 4 is 45.4 Å². The molecule has 0 radical (unpaired) electrons. The molecule has 2 aromatic carbocycles. The van der Waals surface area contributed by atoms with Gasteiger partial charge in [-0.05, 0) is 23.8 Å². The standard InChI is InChI=1S/C16H13Cl2N3S/c17-11-4-5-12(14(8-11)21-16-20-6-7-22-16)15-10(9-19)2-1-3-13(15)18/h1-8H,9,19H2,(H,20,21). The van der Waals surface area contributed by atoms with Gasteiger partial charge >= 0.3 is 0 Å². The number of benzene rings is 2. The minimum Gasteiger partial charge on any atom is -0.331 e. The lowest BCUT2D eigenvalue weighted by Gasteiger charge is -2.15. The molecule has 6 heteroatoms. The molecular formula is C16H13Cl2N3S. The topological polar surface area (TPSA) is 50.9 Å². The van der Waals surface area contributed by atoms with Crippen molar-refractivity contribution in [1.29, 1.82) is 0 Å². The second-order valence-corrected chi connectivity index (χ2v) is 6.37. The van der Waals surface area contributed by atoms with Crippen LogP contribution in [0.3, 0.4) is 0 Å². The number of nitrogens with two attached hydrogens (primary N) is 1. The Morgan fingerprint density at radius 2 is 2.05 bits per heavy atom. The lowest BCUT2D eigenvalue weighted by molar-refractivity contribution is 1.07. The van der Waals surface area contributed by atoms with Crippen LogP contribution >= 0.6 is 34.5 Å². The van der Waals surface area contributed by atoms with Gasteiger partial charge in [-0.1, -0.05) is 41.4 Å². The third-order valence-electron chi connectivity index (χ3n) is 3.24. The molecule has 0 aliphatic carbocycles. The van der Waals surface area contributed by atoms with Gasteiger partial charge in [-0.3, -0.25) is 0 Å². The Morgan fingerprint density at radius 1 is 1.18 bits per heavy atom. The van der Waals surface area contributed by atoms with Crippen molar-refractivity contribution in [2.24, 2.45) is 5.73 Å².